The van der Waals surface area contributed by atoms with Gasteiger partial charge in [0.05, 0.1) is 32.9 Å². The van der Waals surface area contributed by atoms with E-state index in [9.17, 15) is 14.4 Å². The minimum atomic E-state index is -1.09. The van der Waals surface area contributed by atoms with Crippen molar-refractivity contribution < 1.29 is 28.6 Å². The number of ether oxygens (including phenoxy) is 3. The van der Waals surface area contributed by atoms with E-state index in [0.29, 0.717) is 40.8 Å². The summed E-state index contributed by atoms with van der Waals surface area (Å²) < 4.78 is 15.8. The highest BCUT2D eigenvalue weighted by Gasteiger charge is 2.45. The monoisotopic (exact) mass is 548 g/mol. The maximum Gasteiger partial charge on any atom is 0.269 e. The van der Waals surface area contributed by atoms with Crippen LogP contribution in [0.4, 0.5) is 11.4 Å². The Bertz CT molecular complexity index is 1360. The molecular weight excluding hydrogens is 520 g/mol. The van der Waals surface area contributed by atoms with Crippen LogP contribution in [-0.2, 0) is 9.59 Å². The summed E-state index contributed by atoms with van der Waals surface area (Å²) in [6.45, 7) is 2.35. The molecule has 0 spiro atoms. The summed E-state index contributed by atoms with van der Waals surface area (Å²) in [7, 11) is 3.07. The molecule has 202 valence electrons. The van der Waals surface area contributed by atoms with Crippen LogP contribution in [0.2, 0.25) is 0 Å². The minimum Gasteiger partial charge on any atom is -0.497 e. The Morgan fingerprint density at radius 2 is 1.56 bits per heavy atom. The number of methoxy groups -OCH3 is 2. The first-order chi connectivity index (χ1) is 18.8. The predicted octanol–water partition coefficient (Wildman–Crippen LogP) is 3.78. The zero-order valence-corrected chi connectivity index (χ0v) is 22.5. The van der Waals surface area contributed by atoms with Gasteiger partial charge >= 0.3 is 0 Å². The van der Waals surface area contributed by atoms with Crippen LogP contribution in [0.1, 0.15) is 23.7 Å². The number of hydrogen-bond donors (Lipinski definition) is 2. The first-order valence-electron chi connectivity index (χ1n) is 12.1. The van der Waals surface area contributed by atoms with Crippen molar-refractivity contribution in [2.75, 3.05) is 31.0 Å². The average molecular weight is 549 g/mol. The van der Waals surface area contributed by atoms with Gasteiger partial charge in [-0.3, -0.25) is 24.7 Å². The largest absolute Gasteiger partial charge is 0.497 e. The fourth-order valence-electron chi connectivity index (χ4n) is 4.00. The number of nitrogens with zero attached hydrogens (tertiary/aromatic N) is 2. The smallest absolute Gasteiger partial charge is 0.269 e. The molecule has 2 N–H and O–H groups in total. The van der Waals surface area contributed by atoms with E-state index in [2.05, 4.69) is 10.7 Å². The SMILES string of the molecule is CCOc1cccc(NC(=O)CC2C(=O)N(c3ccc(OC)cc3)C(=S)N2NC(=O)c2ccc(OC)cc2)c1. The highest BCUT2D eigenvalue weighted by molar-refractivity contribution is 7.80. The summed E-state index contributed by atoms with van der Waals surface area (Å²) in [5.74, 6) is 0.397. The Morgan fingerprint density at radius 3 is 2.18 bits per heavy atom. The number of thiocarbonyl (C=S) groups is 1. The molecule has 1 atom stereocenters. The van der Waals surface area contributed by atoms with Crippen molar-refractivity contribution in [3.05, 3.63) is 78.4 Å². The molecule has 1 fully saturated rings. The van der Waals surface area contributed by atoms with Crippen LogP contribution in [0.15, 0.2) is 72.8 Å². The second-order valence-corrected chi connectivity index (χ2v) is 8.79. The number of benzene rings is 3. The Kier molecular flexibility index (Phi) is 8.62. The third-order valence-electron chi connectivity index (χ3n) is 5.93. The van der Waals surface area contributed by atoms with Crippen LogP contribution >= 0.6 is 12.2 Å². The second-order valence-electron chi connectivity index (χ2n) is 8.42. The molecule has 1 aliphatic heterocycles. The summed E-state index contributed by atoms with van der Waals surface area (Å²) in [6.07, 6.45) is -0.270. The van der Waals surface area contributed by atoms with E-state index in [1.165, 1.54) is 24.1 Å². The molecule has 39 heavy (non-hydrogen) atoms. The molecule has 1 saturated heterocycles. The summed E-state index contributed by atoms with van der Waals surface area (Å²) >= 11 is 5.61. The van der Waals surface area contributed by atoms with Gasteiger partial charge in [0.1, 0.15) is 23.3 Å². The molecule has 10 nitrogen and oxygen atoms in total. The molecule has 11 heteroatoms. The van der Waals surface area contributed by atoms with E-state index < -0.39 is 23.8 Å². The lowest BCUT2D eigenvalue weighted by Gasteiger charge is -2.24. The summed E-state index contributed by atoms with van der Waals surface area (Å²) in [5, 5.41) is 4.07. The van der Waals surface area contributed by atoms with Crippen molar-refractivity contribution in [3.8, 4) is 17.2 Å². The summed E-state index contributed by atoms with van der Waals surface area (Å²) in [6, 6.07) is 19.1. The van der Waals surface area contributed by atoms with Crippen LogP contribution in [0.3, 0.4) is 0 Å². The molecule has 1 unspecified atom stereocenters. The average Bonchev–Trinajstić information content (AvgIpc) is 3.17. The molecular formula is C28H28N4O6S. The highest BCUT2D eigenvalue weighted by atomic mass is 32.1. The summed E-state index contributed by atoms with van der Waals surface area (Å²) in [5.41, 5.74) is 4.02. The Labute approximate surface area is 231 Å². The van der Waals surface area contributed by atoms with Crippen molar-refractivity contribution in [2.45, 2.75) is 19.4 Å². The molecule has 3 aromatic rings. The van der Waals surface area contributed by atoms with Gasteiger partial charge in [-0.05, 0) is 79.8 Å². The maximum atomic E-state index is 13.6. The number of carbonyl (C=O) groups excluding carboxylic acids is 3. The molecule has 0 saturated carbocycles. The lowest BCUT2D eigenvalue weighted by molar-refractivity contribution is -0.124. The van der Waals surface area contributed by atoms with Gasteiger partial charge in [0.25, 0.3) is 11.8 Å². The minimum absolute atomic E-state index is 0.0307. The van der Waals surface area contributed by atoms with Crippen molar-refractivity contribution in [3.63, 3.8) is 0 Å². The van der Waals surface area contributed by atoms with Crippen LogP contribution in [-0.4, -0.2) is 54.7 Å². The molecule has 0 aliphatic carbocycles. The fourth-order valence-corrected chi connectivity index (χ4v) is 4.37. The Morgan fingerprint density at radius 1 is 0.923 bits per heavy atom. The normalized spacial score (nSPS) is 14.7. The topological polar surface area (TPSA) is 109 Å². The molecule has 0 radical (unpaired) electrons. The van der Waals surface area contributed by atoms with E-state index in [1.807, 2.05) is 6.92 Å². The third kappa shape index (κ3) is 6.27. The van der Waals surface area contributed by atoms with Gasteiger partial charge in [0.2, 0.25) is 11.0 Å². The standard InChI is InChI=1S/C28H28N4O6S/c1-4-38-23-7-5-6-19(16-23)29-25(33)17-24-27(35)31(20-10-14-22(37-3)15-11-20)28(39)32(24)30-26(34)18-8-12-21(36-2)13-9-18/h5-16,24H,4,17H2,1-3H3,(H,29,33)(H,30,34). The number of hydrazine groups is 1. The molecule has 0 aromatic heterocycles. The van der Waals surface area contributed by atoms with Crippen LogP contribution in [0, 0.1) is 0 Å². The molecule has 4 rings (SSSR count). The number of anilines is 2. The lowest BCUT2D eigenvalue weighted by atomic mass is 10.1. The highest BCUT2D eigenvalue weighted by Crippen LogP contribution is 2.28. The van der Waals surface area contributed by atoms with Gasteiger partial charge in [0, 0.05) is 17.3 Å². The fraction of sp³-hybridized carbons (Fsp3) is 0.214. The van der Waals surface area contributed by atoms with Gasteiger partial charge in [-0.25, -0.2) is 5.01 Å². The number of hydrogen-bond acceptors (Lipinski definition) is 7. The molecule has 3 amide bonds. The summed E-state index contributed by atoms with van der Waals surface area (Å²) in [4.78, 5) is 41.0. The van der Waals surface area contributed by atoms with Crippen molar-refractivity contribution in [1.29, 1.82) is 0 Å². The molecule has 3 aromatic carbocycles. The zero-order chi connectivity index (χ0) is 27.9. The van der Waals surface area contributed by atoms with E-state index in [-0.39, 0.29) is 11.5 Å². The molecule has 1 aliphatic rings. The lowest BCUT2D eigenvalue weighted by Crippen LogP contribution is -2.49. The second kappa shape index (κ2) is 12.3. The van der Waals surface area contributed by atoms with Gasteiger partial charge in [-0.2, -0.15) is 0 Å². The Hall–Kier alpha value is -4.64. The number of carbonyl (C=O) groups is 3. The molecule has 1 heterocycles. The van der Waals surface area contributed by atoms with Crippen molar-refractivity contribution >= 4 is 46.4 Å². The van der Waals surface area contributed by atoms with E-state index in [4.69, 9.17) is 26.4 Å². The first kappa shape index (κ1) is 27.4. The first-order valence-corrected chi connectivity index (χ1v) is 12.5. The van der Waals surface area contributed by atoms with Crippen LogP contribution in [0.25, 0.3) is 0 Å². The van der Waals surface area contributed by atoms with E-state index in [0.717, 1.165) is 0 Å². The predicted molar refractivity (Wildman–Crippen MR) is 150 cm³/mol. The van der Waals surface area contributed by atoms with Gasteiger partial charge < -0.3 is 19.5 Å². The van der Waals surface area contributed by atoms with Crippen LogP contribution in [0.5, 0.6) is 17.2 Å². The Balaban J connectivity index is 1.58. The number of rotatable bonds is 10. The van der Waals surface area contributed by atoms with E-state index >= 15 is 0 Å². The number of amides is 3. The maximum absolute atomic E-state index is 13.6. The van der Waals surface area contributed by atoms with Gasteiger partial charge in [-0.1, -0.05) is 6.07 Å². The molecule has 0 bridgehead atoms. The van der Waals surface area contributed by atoms with Crippen molar-refractivity contribution in [1.82, 2.24) is 10.4 Å². The van der Waals surface area contributed by atoms with Gasteiger partial charge in [-0.15, -0.1) is 0 Å². The van der Waals surface area contributed by atoms with Gasteiger partial charge in [0.15, 0.2) is 0 Å². The third-order valence-corrected chi connectivity index (χ3v) is 6.31. The zero-order valence-electron chi connectivity index (χ0n) is 21.7. The van der Waals surface area contributed by atoms with E-state index in [1.54, 1.807) is 72.8 Å². The number of nitrogens with one attached hydrogen (secondary N) is 2. The quantitative estimate of drug-likeness (QED) is 0.369. The van der Waals surface area contributed by atoms with Crippen LogP contribution < -0.4 is 29.9 Å². The van der Waals surface area contributed by atoms with Crippen molar-refractivity contribution in [2.24, 2.45) is 0 Å².